The monoisotopic (exact) mass is 343 g/mol. The average molecular weight is 343 g/mol. The summed E-state index contributed by atoms with van der Waals surface area (Å²) in [4.78, 5) is 21.5. The van der Waals surface area contributed by atoms with Gasteiger partial charge in [-0.05, 0) is 62.7 Å². The highest BCUT2D eigenvalue weighted by Gasteiger charge is 2.53. The molecule has 4 aliphatic rings. The van der Waals surface area contributed by atoms with E-state index in [4.69, 9.17) is 15.1 Å². The molecule has 0 aromatic carbocycles. The predicted molar refractivity (Wildman–Crippen MR) is 93.7 cm³/mol. The van der Waals surface area contributed by atoms with Crippen LogP contribution < -0.4 is 10.9 Å². The molecule has 0 unspecified atom stereocenters. The Morgan fingerprint density at radius 1 is 1.20 bits per heavy atom. The van der Waals surface area contributed by atoms with Gasteiger partial charge in [-0.3, -0.25) is 9.89 Å². The van der Waals surface area contributed by atoms with Gasteiger partial charge in [-0.2, -0.15) is 4.98 Å². The normalized spacial score (nSPS) is 33.2. The van der Waals surface area contributed by atoms with Crippen molar-refractivity contribution in [2.24, 2.45) is 17.8 Å². The van der Waals surface area contributed by atoms with Crippen LogP contribution in [0.4, 0.5) is 5.95 Å². The Balaban J connectivity index is 1.58. The van der Waals surface area contributed by atoms with Crippen molar-refractivity contribution in [1.82, 2.24) is 19.6 Å². The molecule has 7 nitrogen and oxygen atoms in total. The molecule has 7 heteroatoms. The van der Waals surface area contributed by atoms with Gasteiger partial charge in [0.05, 0.1) is 0 Å². The quantitative estimate of drug-likeness (QED) is 0.718. The van der Waals surface area contributed by atoms with Crippen LogP contribution in [0.5, 0.6) is 0 Å². The molecule has 0 saturated heterocycles. The third-order valence-electron chi connectivity index (χ3n) is 6.49. The smallest absolute Gasteiger partial charge is 0.266 e. The third-order valence-corrected chi connectivity index (χ3v) is 6.49. The Hall–Kier alpha value is -1.89. The van der Waals surface area contributed by atoms with Crippen molar-refractivity contribution in [3.63, 3.8) is 0 Å². The third kappa shape index (κ3) is 2.47. The highest BCUT2D eigenvalue weighted by Crippen LogP contribution is 2.60. The molecule has 4 bridgehead atoms. The molecule has 2 aromatic rings. The SMILES string of the molecule is O=c1cc2nc(C34CC5CC(CC(C5)C3)C4)nc(NCCCO)n2[nH]1. The highest BCUT2D eigenvalue weighted by atomic mass is 16.3. The number of aliphatic hydroxyl groups is 1. The number of aromatic nitrogens is 4. The standard InChI is InChI=1S/C18H25N5O2/c24-3-1-2-19-17-21-16(20-14-7-15(25)22-23(14)17)18-8-11-4-12(9-18)6-13(5-11)10-18/h7,11-13,24H,1-6,8-10H2,(H,22,25)(H,19,20,21). The number of aromatic amines is 1. The van der Waals surface area contributed by atoms with Gasteiger partial charge in [-0.25, -0.2) is 9.50 Å². The highest BCUT2D eigenvalue weighted by molar-refractivity contribution is 5.44. The van der Waals surface area contributed by atoms with Gasteiger partial charge >= 0.3 is 0 Å². The lowest BCUT2D eigenvalue weighted by molar-refractivity contribution is -0.00930. The fraction of sp³-hybridized carbons (Fsp3) is 0.722. The van der Waals surface area contributed by atoms with Gasteiger partial charge in [-0.15, -0.1) is 0 Å². The first-order chi connectivity index (χ1) is 12.1. The number of hydrogen-bond donors (Lipinski definition) is 3. The summed E-state index contributed by atoms with van der Waals surface area (Å²) in [5, 5.41) is 15.1. The molecule has 0 aliphatic heterocycles. The molecule has 0 radical (unpaired) electrons. The molecule has 0 spiro atoms. The second kappa shape index (κ2) is 5.56. The van der Waals surface area contributed by atoms with E-state index in [-0.39, 0.29) is 17.6 Å². The maximum atomic E-state index is 11.8. The zero-order valence-corrected chi connectivity index (χ0v) is 14.4. The average Bonchev–Trinajstić information content (AvgIpc) is 2.94. The molecule has 4 aliphatic carbocycles. The molecule has 3 N–H and O–H groups in total. The van der Waals surface area contributed by atoms with E-state index in [2.05, 4.69) is 10.4 Å². The van der Waals surface area contributed by atoms with Crippen molar-refractivity contribution in [1.29, 1.82) is 0 Å². The van der Waals surface area contributed by atoms with Crippen molar-refractivity contribution in [2.75, 3.05) is 18.5 Å². The summed E-state index contributed by atoms with van der Waals surface area (Å²) in [6.45, 7) is 0.744. The number of hydrogen-bond acceptors (Lipinski definition) is 5. The van der Waals surface area contributed by atoms with Crippen LogP contribution >= 0.6 is 0 Å². The molecule has 25 heavy (non-hydrogen) atoms. The minimum absolute atomic E-state index is 0.0945. The van der Waals surface area contributed by atoms with Gasteiger partial charge < -0.3 is 10.4 Å². The Morgan fingerprint density at radius 3 is 2.52 bits per heavy atom. The van der Waals surface area contributed by atoms with E-state index in [0.29, 0.717) is 24.6 Å². The molecule has 0 amide bonds. The van der Waals surface area contributed by atoms with Crippen molar-refractivity contribution in [3.05, 3.63) is 22.2 Å². The van der Waals surface area contributed by atoms with Gasteiger partial charge in [-0.1, -0.05) is 0 Å². The molecule has 2 aromatic heterocycles. The van der Waals surface area contributed by atoms with Crippen molar-refractivity contribution >= 4 is 11.6 Å². The molecule has 4 saturated carbocycles. The maximum Gasteiger partial charge on any atom is 0.266 e. The van der Waals surface area contributed by atoms with Crippen LogP contribution in [-0.2, 0) is 5.41 Å². The Morgan fingerprint density at radius 2 is 1.88 bits per heavy atom. The summed E-state index contributed by atoms with van der Waals surface area (Å²) in [5.41, 5.74) is 0.566. The molecule has 134 valence electrons. The van der Waals surface area contributed by atoms with E-state index >= 15 is 0 Å². The second-order valence-corrected chi connectivity index (χ2v) is 8.39. The fourth-order valence-electron chi connectivity index (χ4n) is 5.93. The van der Waals surface area contributed by atoms with Gasteiger partial charge in [0.15, 0.2) is 5.65 Å². The predicted octanol–water partition coefficient (Wildman–Crippen LogP) is 1.68. The Labute approximate surface area is 145 Å². The zero-order chi connectivity index (χ0) is 17.0. The topological polar surface area (TPSA) is 95.3 Å². The lowest BCUT2D eigenvalue weighted by Crippen LogP contribution is -2.49. The lowest BCUT2D eigenvalue weighted by atomic mass is 9.49. The van der Waals surface area contributed by atoms with E-state index in [0.717, 1.165) is 23.6 Å². The van der Waals surface area contributed by atoms with Gasteiger partial charge in [0, 0.05) is 24.6 Å². The van der Waals surface area contributed by atoms with E-state index in [1.54, 1.807) is 10.6 Å². The Kier molecular flexibility index (Phi) is 3.42. The Bertz CT molecular complexity index is 819. The van der Waals surface area contributed by atoms with E-state index in [9.17, 15) is 4.79 Å². The molecular weight excluding hydrogens is 318 g/mol. The van der Waals surface area contributed by atoms with Crippen LogP contribution in [-0.4, -0.2) is 37.8 Å². The first kappa shape index (κ1) is 15.4. The summed E-state index contributed by atoms with van der Waals surface area (Å²) >= 11 is 0. The van der Waals surface area contributed by atoms with Gasteiger partial charge in [0.1, 0.15) is 5.82 Å². The largest absolute Gasteiger partial charge is 0.396 e. The van der Waals surface area contributed by atoms with Crippen LogP contribution in [0.25, 0.3) is 5.65 Å². The first-order valence-corrected chi connectivity index (χ1v) is 9.50. The molecule has 2 heterocycles. The minimum Gasteiger partial charge on any atom is -0.396 e. The van der Waals surface area contributed by atoms with E-state index < -0.39 is 0 Å². The van der Waals surface area contributed by atoms with E-state index in [1.165, 1.54) is 38.5 Å². The van der Waals surface area contributed by atoms with Gasteiger partial charge in [0.25, 0.3) is 5.56 Å². The first-order valence-electron chi connectivity index (χ1n) is 9.50. The van der Waals surface area contributed by atoms with Crippen LogP contribution in [0.3, 0.4) is 0 Å². The molecule has 6 rings (SSSR count). The summed E-state index contributed by atoms with van der Waals surface area (Å²) in [7, 11) is 0. The van der Waals surface area contributed by atoms with Crippen LogP contribution in [0.1, 0.15) is 50.8 Å². The van der Waals surface area contributed by atoms with Crippen LogP contribution in [0, 0.1) is 17.8 Å². The van der Waals surface area contributed by atoms with Crippen molar-refractivity contribution < 1.29 is 5.11 Å². The number of aliphatic hydroxyl groups excluding tert-OH is 1. The molecular formula is C18H25N5O2. The number of nitrogens with one attached hydrogen (secondary N) is 2. The van der Waals surface area contributed by atoms with Crippen molar-refractivity contribution in [2.45, 2.75) is 50.4 Å². The summed E-state index contributed by atoms with van der Waals surface area (Å²) in [6.07, 6.45) is 8.37. The molecule has 0 atom stereocenters. The minimum atomic E-state index is -0.165. The summed E-state index contributed by atoms with van der Waals surface area (Å²) < 4.78 is 1.63. The lowest BCUT2D eigenvalue weighted by Gasteiger charge is -2.55. The second-order valence-electron chi connectivity index (χ2n) is 8.39. The maximum absolute atomic E-state index is 11.8. The summed E-state index contributed by atoms with van der Waals surface area (Å²) in [6, 6.07) is 1.54. The van der Waals surface area contributed by atoms with Crippen LogP contribution in [0.15, 0.2) is 10.9 Å². The number of fused-ring (bicyclic) bond motifs is 1. The fourth-order valence-corrected chi connectivity index (χ4v) is 5.93. The zero-order valence-electron chi connectivity index (χ0n) is 14.4. The van der Waals surface area contributed by atoms with Gasteiger partial charge in [0.2, 0.25) is 5.95 Å². The molecule has 4 fully saturated rings. The number of anilines is 1. The number of nitrogens with zero attached hydrogens (tertiary/aromatic N) is 3. The van der Waals surface area contributed by atoms with Crippen molar-refractivity contribution in [3.8, 4) is 0 Å². The van der Waals surface area contributed by atoms with Crippen LogP contribution in [0.2, 0.25) is 0 Å². The number of rotatable bonds is 5. The summed E-state index contributed by atoms with van der Waals surface area (Å²) in [5.74, 6) is 4.02. The number of H-pyrrole nitrogens is 1. The van der Waals surface area contributed by atoms with E-state index in [1.807, 2.05) is 0 Å².